The Balaban J connectivity index is 2.01. The van der Waals surface area contributed by atoms with E-state index in [9.17, 15) is 14.7 Å². The maximum atomic E-state index is 11.8. The van der Waals surface area contributed by atoms with Gasteiger partial charge in [-0.25, -0.2) is 0 Å². The van der Waals surface area contributed by atoms with Crippen molar-refractivity contribution in [2.45, 2.75) is 58.8 Å². The van der Waals surface area contributed by atoms with Crippen LogP contribution in [0.2, 0.25) is 0 Å². The number of rotatable bonds is 1. The molecule has 0 aromatic rings. The van der Waals surface area contributed by atoms with Gasteiger partial charge in [-0.1, -0.05) is 18.9 Å². The van der Waals surface area contributed by atoms with Crippen LogP contribution in [0.3, 0.4) is 0 Å². The fraction of sp³-hybridized carbons (Fsp3) is 0.765. The van der Waals surface area contributed by atoms with Gasteiger partial charge in [0.1, 0.15) is 0 Å². The average Bonchev–Trinajstić information content (AvgIpc) is 2.37. The summed E-state index contributed by atoms with van der Waals surface area (Å²) in [6.07, 6.45) is 8.17. The molecule has 2 saturated carbocycles. The van der Waals surface area contributed by atoms with Gasteiger partial charge < -0.3 is 5.11 Å². The summed E-state index contributed by atoms with van der Waals surface area (Å²) in [4.78, 5) is 23.5. The quantitative estimate of drug-likeness (QED) is 0.796. The van der Waals surface area contributed by atoms with E-state index >= 15 is 0 Å². The van der Waals surface area contributed by atoms with E-state index in [2.05, 4.69) is 6.92 Å². The first kappa shape index (κ1) is 13.8. The van der Waals surface area contributed by atoms with Crippen LogP contribution in [0.4, 0.5) is 0 Å². The molecule has 0 radical (unpaired) electrons. The van der Waals surface area contributed by atoms with Crippen molar-refractivity contribution in [1.29, 1.82) is 0 Å². The second-order valence-electron chi connectivity index (χ2n) is 7.45. The molecule has 110 valence electrons. The van der Waals surface area contributed by atoms with Gasteiger partial charge in [-0.2, -0.15) is 0 Å². The van der Waals surface area contributed by atoms with E-state index in [1.807, 2.05) is 13.0 Å². The maximum Gasteiger partial charge on any atom is 0.309 e. The second kappa shape index (κ2) is 4.44. The number of carbonyl (C=O) groups excluding carboxylic acids is 1. The lowest BCUT2D eigenvalue weighted by molar-refractivity contribution is -0.164. The van der Waals surface area contributed by atoms with Crippen molar-refractivity contribution in [1.82, 2.24) is 0 Å². The molecule has 0 heterocycles. The highest BCUT2D eigenvalue weighted by Crippen LogP contribution is 2.62. The zero-order valence-electron chi connectivity index (χ0n) is 12.4. The van der Waals surface area contributed by atoms with Crippen LogP contribution in [0, 0.1) is 22.7 Å². The maximum absolute atomic E-state index is 11.8. The predicted octanol–water partition coefficient (Wildman–Crippen LogP) is 3.58. The Morgan fingerprint density at radius 1 is 1.25 bits per heavy atom. The number of hydrogen-bond acceptors (Lipinski definition) is 2. The summed E-state index contributed by atoms with van der Waals surface area (Å²) < 4.78 is 0. The van der Waals surface area contributed by atoms with Crippen molar-refractivity contribution < 1.29 is 14.7 Å². The summed E-state index contributed by atoms with van der Waals surface area (Å²) >= 11 is 0. The molecule has 0 aliphatic heterocycles. The third-order valence-electron chi connectivity index (χ3n) is 6.46. The van der Waals surface area contributed by atoms with Crippen LogP contribution in [0.15, 0.2) is 11.6 Å². The standard InChI is InChI=1S/C17H24O3/c1-16-8-3-9-17(2,15(19)20)14(16)7-4-11-10-12(18)5-6-13(11)16/h10,13-14H,3-9H2,1-2H3,(H,19,20)/t13-,14+,16+,17+/m1/s1. The molecule has 3 nitrogen and oxygen atoms in total. The van der Waals surface area contributed by atoms with Crippen molar-refractivity contribution in [3.8, 4) is 0 Å². The zero-order valence-corrected chi connectivity index (χ0v) is 12.4. The van der Waals surface area contributed by atoms with Crippen LogP contribution in [-0.4, -0.2) is 16.9 Å². The highest BCUT2D eigenvalue weighted by atomic mass is 16.4. The lowest BCUT2D eigenvalue weighted by Gasteiger charge is -2.58. The van der Waals surface area contributed by atoms with Crippen LogP contribution in [-0.2, 0) is 9.59 Å². The molecular formula is C17H24O3. The van der Waals surface area contributed by atoms with Gasteiger partial charge >= 0.3 is 5.97 Å². The number of carboxylic acids is 1. The number of aliphatic carboxylic acids is 1. The first-order chi connectivity index (χ1) is 9.38. The smallest absolute Gasteiger partial charge is 0.309 e. The highest BCUT2D eigenvalue weighted by Gasteiger charge is 2.57. The van der Waals surface area contributed by atoms with Gasteiger partial charge in [0.15, 0.2) is 5.78 Å². The summed E-state index contributed by atoms with van der Waals surface area (Å²) in [6, 6.07) is 0. The number of fused-ring (bicyclic) bond motifs is 3. The molecule has 0 aromatic heterocycles. The molecule has 3 heteroatoms. The van der Waals surface area contributed by atoms with Gasteiger partial charge in [0.25, 0.3) is 0 Å². The van der Waals surface area contributed by atoms with Crippen LogP contribution >= 0.6 is 0 Å². The molecular weight excluding hydrogens is 252 g/mol. The number of allylic oxidation sites excluding steroid dienone is 2. The molecule has 4 atom stereocenters. The van der Waals surface area contributed by atoms with E-state index in [0.717, 1.165) is 38.5 Å². The summed E-state index contributed by atoms with van der Waals surface area (Å²) in [5.74, 6) is 0.303. The molecule has 2 fully saturated rings. The Morgan fingerprint density at radius 2 is 2.00 bits per heavy atom. The Labute approximate surface area is 120 Å². The average molecular weight is 276 g/mol. The van der Waals surface area contributed by atoms with Gasteiger partial charge in [-0.3, -0.25) is 9.59 Å². The molecule has 3 aliphatic carbocycles. The molecule has 3 aliphatic rings. The third-order valence-corrected chi connectivity index (χ3v) is 6.46. The normalized spacial score (nSPS) is 44.3. The Bertz CT molecular complexity index is 492. The van der Waals surface area contributed by atoms with Crippen LogP contribution < -0.4 is 0 Å². The fourth-order valence-corrected chi connectivity index (χ4v) is 5.40. The summed E-state index contributed by atoms with van der Waals surface area (Å²) in [7, 11) is 0. The predicted molar refractivity (Wildman–Crippen MR) is 76.2 cm³/mol. The molecule has 0 spiro atoms. The largest absolute Gasteiger partial charge is 0.481 e. The van der Waals surface area contributed by atoms with Crippen molar-refractivity contribution in [3.05, 3.63) is 11.6 Å². The van der Waals surface area contributed by atoms with Crippen molar-refractivity contribution in [2.75, 3.05) is 0 Å². The molecule has 20 heavy (non-hydrogen) atoms. The highest BCUT2D eigenvalue weighted by molar-refractivity contribution is 5.91. The number of ketones is 1. The van der Waals surface area contributed by atoms with Crippen LogP contribution in [0.25, 0.3) is 0 Å². The minimum Gasteiger partial charge on any atom is -0.481 e. The van der Waals surface area contributed by atoms with Gasteiger partial charge in [0.05, 0.1) is 5.41 Å². The summed E-state index contributed by atoms with van der Waals surface area (Å²) in [5.41, 5.74) is 0.783. The summed E-state index contributed by atoms with van der Waals surface area (Å²) in [6.45, 7) is 4.23. The Hall–Kier alpha value is -1.12. The second-order valence-corrected chi connectivity index (χ2v) is 7.45. The molecule has 0 unspecified atom stereocenters. The lowest BCUT2D eigenvalue weighted by atomic mass is 9.46. The van der Waals surface area contributed by atoms with E-state index in [1.54, 1.807) is 0 Å². The van der Waals surface area contributed by atoms with Gasteiger partial charge in [-0.05, 0) is 62.4 Å². The third kappa shape index (κ3) is 1.78. The van der Waals surface area contributed by atoms with Crippen molar-refractivity contribution in [3.63, 3.8) is 0 Å². The van der Waals surface area contributed by atoms with Crippen LogP contribution in [0.5, 0.6) is 0 Å². The molecule has 3 rings (SSSR count). The fourth-order valence-electron chi connectivity index (χ4n) is 5.40. The molecule has 0 amide bonds. The SMILES string of the molecule is C[C@@]12CCC[C@](C)(C(=O)O)[C@H]1CCC1=CC(=O)CC[C@H]12. The van der Waals surface area contributed by atoms with E-state index in [0.29, 0.717) is 12.3 Å². The van der Waals surface area contributed by atoms with Gasteiger partial charge in [0, 0.05) is 6.42 Å². The topological polar surface area (TPSA) is 54.4 Å². The van der Waals surface area contributed by atoms with E-state index in [4.69, 9.17) is 0 Å². The molecule has 1 N–H and O–H groups in total. The Morgan fingerprint density at radius 3 is 2.70 bits per heavy atom. The minimum absolute atomic E-state index is 0.0656. The van der Waals surface area contributed by atoms with Crippen molar-refractivity contribution >= 4 is 11.8 Å². The monoisotopic (exact) mass is 276 g/mol. The van der Waals surface area contributed by atoms with Gasteiger partial charge in [0.2, 0.25) is 0 Å². The van der Waals surface area contributed by atoms with E-state index in [-0.39, 0.29) is 17.1 Å². The molecule has 0 bridgehead atoms. The zero-order chi connectivity index (χ0) is 14.5. The van der Waals surface area contributed by atoms with E-state index in [1.165, 1.54) is 5.57 Å². The lowest BCUT2D eigenvalue weighted by Crippen LogP contribution is -2.53. The summed E-state index contributed by atoms with van der Waals surface area (Å²) in [5, 5.41) is 9.72. The molecule has 0 saturated heterocycles. The first-order valence-electron chi connectivity index (χ1n) is 7.84. The first-order valence-corrected chi connectivity index (χ1v) is 7.84. The van der Waals surface area contributed by atoms with Crippen LogP contribution in [0.1, 0.15) is 58.8 Å². The number of carbonyl (C=O) groups is 2. The minimum atomic E-state index is -0.632. The van der Waals surface area contributed by atoms with E-state index < -0.39 is 11.4 Å². The van der Waals surface area contributed by atoms with Crippen molar-refractivity contribution in [2.24, 2.45) is 22.7 Å². The number of hydrogen-bond donors (Lipinski definition) is 1. The molecule has 0 aromatic carbocycles. The Kier molecular flexibility index (Phi) is 3.07. The van der Waals surface area contributed by atoms with Gasteiger partial charge in [-0.15, -0.1) is 0 Å². The number of carboxylic acid groups (broad SMARTS) is 1.